The summed E-state index contributed by atoms with van der Waals surface area (Å²) in [6.07, 6.45) is 1.19. The van der Waals surface area contributed by atoms with E-state index < -0.39 is 0 Å². The molecule has 0 spiro atoms. The Morgan fingerprint density at radius 2 is 1.95 bits per heavy atom. The summed E-state index contributed by atoms with van der Waals surface area (Å²) in [5, 5.41) is 5.16. The molecule has 0 saturated carbocycles. The average Bonchev–Trinajstić information content (AvgIpc) is 2.50. The molecule has 0 aliphatic heterocycles. The molecule has 3 nitrogen and oxygen atoms in total. The summed E-state index contributed by atoms with van der Waals surface area (Å²) in [5.41, 5.74) is 1.09. The van der Waals surface area contributed by atoms with Crippen molar-refractivity contribution in [1.82, 2.24) is 5.32 Å². The summed E-state index contributed by atoms with van der Waals surface area (Å²) in [6.45, 7) is 0.545. The molecule has 0 aromatic heterocycles. The molecule has 0 aliphatic rings. The number of methoxy groups -OCH3 is 1. The molecule has 2 rings (SSSR count). The smallest absolute Gasteiger partial charge is 0.220 e. The molecule has 20 heavy (non-hydrogen) atoms. The van der Waals surface area contributed by atoms with Crippen molar-refractivity contribution in [3.63, 3.8) is 0 Å². The molecule has 2 aromatic carbocycles. The predicted molar refractivity (Wildman–Crippen MR) is 82.3 cm³/mol. The van der Waals surface area contributed by atoms with E-state index in [-0.39, 0.29) is 5.91 Å². The molecule has 0 saturated heterocycles. The molecule has 0 fully saturated rings. The molecular weight excluding hydrogens is 274 g/mol. The van der Waals surface area contributed by atoms with Crippen molar-refractivity contribution in [2.45, 2.75) is 19.4 Å². The van der Waals surface area contributed by atoms with Crippen LogP contribution in [0, 0.1) is 0 Å². The van der Waals surface area contributed by atoms with Crippen LogP contribution in [0.5, 0.6) is 5.75 Å². The SMILES string of the molecule is COc1ccc2cc(CNC(=O)CCCCl)ccc2c1. The largest absolute Gasteiger partial charge is 0.497 e. The Kier molecular flexibility index (Phi) is 5.24. The van der Waals surface area contributed by atoms with Gasteiger partial charge in [0.1, 0.15) is 5.75 Å². The fourth-order valence-electron chi connectivity index (χ4n) is 2.03. The van der Waals surface area contributed by atoms with Gasteiger partial charge < -0.3 is 10.1 Å². The first kappa shape index (κ1) is 14.7. The second-order valence-electron chi connectivity index (χ2n) is 4.62. The molecule has 106 valence electrons. The third kappa shape index (κ3) is 3.87. The highest BCUT2D eigenvalue weighted by atomic mass is 35.5. The standard InChI is InChI=1S/C16H18ClNO2/c1-20-15-7-6-13-9-12(4-5-14(13)10-15)11-18-16(19)3-2-8-17/h4-7,9-10H,2-3,8,11H2,1H3,(H,18,19). The number of amides is 1. The van der Waals surface area contributed by atoms with E-state index in [1.807, 2.05) is 30.3 Å². The Bertz CT molecular complexity index is 598. The lowest BCUT2D eigenvalue weighted by molar-refractivity contribution is -0.121. The number of fused-ring (bicyclic) bond motifs is 1. The maximum Gasteiger partial charge on any atom is 0.220 e. The summed E-state index contributed by atoms with van der Waals surface area (Å²) in [4.78, 5) is 11.5. The molecule has 0 bridgehead atoms. The predicted octanol–water partition coefficient (Wildman–Crippen LogP) is 3.48. The van der Waals surface area contributed by atoms with Gasteiger partial charge in [-0.15, -0.1) is 11.6 Å². The van der Waals surface area contributed by atoms with Crippen LogP contribution < -0.4 is 10.1 Å². The van der Waals surface area contributed by atoms with Crippen molar-refractivity contribution in [2.24, 2.45) is 0 Å². The fraction of sp³-hybridized carbons (Fsp3) is 0.312. The minimum Gasteiger partial charge on any atom is -0.497 e. The first-order chi connectivity index (χ1) is 9.72. The molecule has 2 aromatic rings. The Morgan fingerprint density at radius 3 is 2.70 bits per heavy atom. The van der Waals surface area contributed by atoms with Crippen LogP contribution in [-0.2, 0) is 11.3 Å². The number of hydrogen-bond acceptors (Lipinski definition) is 2. The molecule has 4 heteroatoms. The summed E-state index contributed by atoms with van der Waals surface area (Å²) < 4.78 is 5.20. The lowest BCUT2D eigenvalue weighted by Crippen LogP contribution is -2.22. The fourth-order valence-corrected chi connectivity index (χ4v) is 2.16. The molecule has 0 radical (unpaired) electrons. The number of ether oxygens (including phenoxy) is 1. The highest BCUT2D eigenvalue weighted by Gasteiger charge is 2.02. The van der Waals surface area contributed by atoms with Gasteiger partial charge in [-0.1, -0.05) is 18.2 Å². The van der Waals surface area contributed by atoms with E-state index in [1.54, 1.807) is 7.11 Å². The Labute approximate surface area is 123 Å². The van der Waals surface area contributed by atoms with Crippen LogP contribution in [0.3, 0.4) is 0 Å². The quantitative estimate of drug-likeness (QED) is 0.828. The Morgan fingerprint density at radius 1 is 1.20 bits per heavy atom. The number of hydrogen-bond donors (Lipinski definition) is 1. The summed E-state index contributed by atoms with van der Waals surface area (Å²) in [5.74, 6) is 1.41. The molecular formula is C16H18ClNO2. The number of benzene rings is 2. The number of carbonyl (C=O) groups excluding carboxylic acids is 1. The molecule has 1 N–H and O–H groups in total. The first-order valence-corrected chi connectivity index (χ1v) is 7.16. The van der Waals surface area contributed by atoms with Crippen molar-refractivity contribution >= 4 is 28.3 Å². The van der Waals surface area contributed by atoms with Gasteiger partial charge in [-0.3, -0.25) is 4.79 Å². The lowest BCUT2D eigenvalue weighted by atomic mass is 10.1. The van der Waals surface area contributed by atoms with Crippen molar-refractivity contribution in [2.75, 3.05) is 13.0 Å². The van der Waals surface area contributed by atoms with E-state index in [4.69, 9.17) is 16.3 Å². The molecule has 0 atom stereocenters. The number of rotatable bonds is 6. The van der Waals surface area contributed by atoms with Crippen molar-refractivity contribution in [3.8, 4) is 5.75 Å². The van der Waals surface area contributed by atoms with E-state index in [0.717, 1.165) is 22.1 Å². The van der Waals surface area contributed by atoms with Crippen molar-refractivity contribution in [1.29, 1.82) is 0 Å². The van der Waals surface area contributed by atoms with Crippen molar-refractivity contribution < 1.29 is 9.53 Å². The van der Waals surface area contributed by atoms with E-state index >= 15 is 0 Å². The van der Waals surface area contributed by atoms with Gasteiger partial charge in [-0.05, 0) is 41.0 Å². The zero-order chi connectivity index (χ0) is 14.4. The lowest BCUT2D eigenvalue weighted by Gasteiger charge is -2.07. The molecule has 0 heterocycles. The molecule has 0 aliphatic carbocycles. The monoisotopic (exact) mass is 291 g/mol. The summed E-state index contributed by atoms with van der Waals surface area (Å²) >= 11 is 5.56. The van der Waals surface area contributed by atoms with Gasteiger partial charge in [0.15, 0.2) is 0 Å². The van der Waals surface area contributed by atoms with E-state index in [9.17, 15) is 4.79 Å². The van der Waals surface area contributed by atoms with Gasteiger partial charge in [0, 0.05) is 18.8 Å². The molecule has 1 amide bonds. The maximum atomic E-state index is 11.5. The van der Waals surface area contributed by atoms with Crippen LogP contribution in [0.25, 0.3) is 10.8 Å². The third-order valence-electron chi connectivity index (χ3n) is 3.14. The van der Waals surface area contributed by atoms with Gasteiger partial charge in [-0.2, -0.15) is 0 Å². The number of carbonyl (C=O) groups is 1. The zero-order valence-corrected chi connectivity index (χ0v) is 12.2. The minimum atomic E-state index is 0.0421. The van der Waals surface area contributed by atoms with Gasteiger partial charge >= 0.3 is 0 Å². The Hall–Kier alpha value is -1.74. The second kappa shape index (κ2) is 7.15. The van der Waals surface area contributed by atoms with Gasteiger partial charge in [0.2, 0.25) is 5.91 Å². The third-order valence-corrected chi connectivity index (χ3v) is 3.41. The topological polar surface area (TPSA) is 38.3 Å². The number of halogens is 1. The van der Waals surface area contributed by atoms with Crippen molar-refractivity contribution in [3.05, 3.63) is 42.0 Å². The zero-order valence-electron chi connectivity index (χ0n) is 11.5. The van der Waals surface area contributed by atoms with E-state index in [0.29, 0.717) is 25.3 Å². The van der Waals surface area contributed by atoms with Crippen LogP contribution in [0.1, 0.15) is 18.4 Å². The summed E-state index contributed by atoms with van der Waals surface area (Å²) in [7, 11) is 1.66. The van der Waals surface area contributed by atoms with Crippen LogP contribution >= 0.6 is 11.6 Å². The van der Waals surface area contributed by atoms with Crippen LogP contribution in [0.4, 0.5) is 0 Å². The molecule has 0 unspecified atom stereocenters. The van der Waals surface area contributed by atoms with Gasteiger partial charge in [-0.25, -0.2) is 0 Å². The number of alkyl halides is 1. The number of nitrogens with one attached hydrogen (secondary N) is 1. The highest BCUT2D eigenvalue weighted by Crippen LogP contribution is 2.21. The van der Waals surface area contributed by atoms with E-state index in [1.165, 1.54) is 0 Å². The average molecular weight is 292 g/mol. The Balaban J connectivity index is 2.03. The van der Waals surface area contributed by atoms with Crippen LogP contribution in [0.2, 0.25) is 0 Å². The first-order valence-electron chi connectivity index (χ1n) is 6.62. The van der Waals surface area contributed by atoms with Crippen LogP contribution in [-0.4, -0.2) is 18.9 Å². The van der Waals surface area contributed by atoms with E-state index in [2.05, 4.69) is 11.4 Å². The highest BCUT2D eigenvalue weighted by molar-refractivity contribution is 6.17. The maximum absolute atomic E-state index is 11.5. The second-order valence-corrected chi connectivity index (χ2v) is 4.99. The normalized spacial score (nSPS) is 10.5. The van der Waals surface area contributed by atoms with Crippen LogP contribution in [0.15, 0.2) is 36.4 Å². The summed E-state index contributed by atoms with van der Waals surface area (Å²) in [6, 6.07) is 12.1. The minimum absolute atomic E-state index is 0.0421. The van der Waals surface area contributed by atoms with Gasteiger partial charge in [0.05, 0.1) is 7.11 Å². The van der Waals surface area contributed by atoms with Gasteiger partial charge in [0.25, 0.3) is 0 Å².